The highest BCUT2D eigenvalue weighted by Crippen LogP contribution is 2.51. The van der Waals surface area contributed by atoms with Gasteiger partial charge >= 0.3 is 0 Å². The first-order valence-corrected chi connectivity index (χ1v) is 18.7. The number of thiophene rings is 2. The van der Waals surface area contributed by atoms with Gasteiger partial charge in [0.2, 0.25) is 0 Å². The molecule has 2 heteroatoms. The predicted molar refractivity (Wildman–Crippen MR) is 221 cm³/mol. The molecular formula is C48H28S2. The normalized spacial score (nSPS) is 12.0. The van der Waals surface area contributed by atoms with Crippen molar-refractivity contribution in [2.24, 2.45) is 0 Å². The molecule has 0 amide bonds. The van der Waals surface area contributed by atoms with E-state index in [4.69, 9.17) is 0 Å². The SMILES string of the molecule is c1ccc(-c2c3ccccc3c(-c3cc(-c4cc5c6ccccc6sc5c5c4sc4ccccc45)cc4ccccc34)c3ccccc23)cc1. The Bertz CT molecular complexity index is 3080. The second-order valence-electron chi connectivity index (χ2n) is 13.2. The van der Waals surface area contributed by atoms with Crippen molar-refractivity contribution >= 4 is 95.3 Å². The minimum Gasteiger partial charge on any atom is -0.134 e. The van der Waals surface area contributed by atoms with E-state index in [9.17, 15) is 0 Å². The molecule has 2 aromatic heterocycles. The highest BCUT2D eigenvalue weighted by Gasteiger charge is 2.21. The molecular weight excluding hydrogens is 641 g/mol. The van der Waals surface area contributed by atoms with E-state index in [1.54, 1.807) is 0 Å². The summed E-state index contributed by atoms with van der Waals surface area (Å²) < 4.78 is 5.42. The first-order valence-electron chi connectivity index (χ1n) is 17.1. The smallest absolute Gasteiger partial charge is 0.0449 e. The van der Waals surface area contributed by atoms with Gasteiger partial charge in [-0.1, -0.05) is 140 Å². The van der Waals surface area contributed by atoms with E-state index in [-0.39, 0.29) is 0 Å². The maximum absolute atomic E-state index is 2.48. The molecule has 0 aliphatic carbocycles. The Kier molecular flexibility index (Phi) is 6.09. The molecule has 2 heterocycles. The average molecular weight is 669 g/mol. The van der Waals surface area contributed by atoms with Crippen LogP contribution in [0.2, 0.25) is 0 Å². The summed E-state index contributed by atoms with van der Waals surface area (Å²) >= 11 is 3.85. The Morgan fingerprint density at radius 2 is 0.820 bits per heavy atom. The predicted octanol–water partition coefficient (Wildman–Crippen LogP) is 14.9. The van der Waals surface area contributed by atoms with Gasteiger partial charge in [-0.15, -0.1) is 22.7 Å². The van der Waals surface area contributed by atoms with Crippen LogP contribution in [0.5, 0.6) is 0 Å². The fourth-order valence-corrected chi connectivity index (χ4v) is 10.8. The molecule has 0 fully saturated rings. The summed E-state index contributed by atoms with van der Waals surface area (Å²) in [5.74, 6) is 0. The van der Waals surface area contributed by atoms with E-state index in [0.717, 1.165) is 0 Å². The Labute approximate surface area is 297 Å². The highest BCUT2D eigenvalue weighted by atomic mass is 32.1. The van der Waals surface area contributed by atoms with E-state index >= 15 is 0 Å². The van der Waals surface area contributed by atoms with Gasteiger partial charge in [-0.05, 0) is 90.5 Å². The van der Waals surface area contributed by atoms with E-state index in [1.807, 2.05) is 22.7 Å². The van der Waals surface area contributed by atoms with Crippen molar-refractivity contribution in [2.75, 3.05) is 0 Å². The molecule has 0 spiro atoms. The van der Waals surface area contributed by atoms with Gasteiger partial charge in [-0.25, -0.2) is 0 Å². The summed E-state index contributed by atoms with van der Waals surface area (Å²) in [6.45, 7) is 0. The zero-order chi connectivity index (χ0) is 32.8. The van der Waals surface area contributed by atoms with Crippen molar-refractivity contribution in [1.29, 1.82) is 0 Å². The zero-order valence-electron chi connectivity index (χ0n) is 27.0. The summed E-state index contributed by atoms with van der Waals surface area (Å²) in [5.41, 5.74) is 7.67. The summed E-state index contributed by atoms with van der Waals surface area (Å²) in [6.07, 6.45) is 0. The molecule has 0 radical (unpaired) electrons. The molecule has 0 aliphatic rings. The molecule has 232 valence electrons. The first kappa shape index (κ1) is 28.1. The van der Waals surface area contributed by atoms with Gasteiger partial charge in [0.25, 0.3) is 0 Å². The van der Waals surface area contributed by atoms with E-state index < -0.39 is 0 Å². The van der Waals surface area contributed by atoms with Crippen molar-refractivity contribution in [3.05, 3.63) is 170 Å². The molecule has 0 N–H and O–H groups in total. The van der Waals surface area contributed by atoms with E-state index in [0.29, 0.717) is 0 Å². The maximum atomic E-state index is 2.48. The topological polar surface area (TPSA) is 0 Å². The monoisotopic (exact) mass is 668 g/mol. The van der Waals surface area contributed by atoms with Crippen molar-refractivity contribution in [3.63, 3.8) is 0 Å². The second-order valence-corrected chi connectivity index (χ2v) is 15.3. The van der Waals surface area contributed by atoms with Gasteiger partial charge in [0.15, 0.2) is 0 Å². The van der Waals surface area contributed by atoms with Gasteiger partial charge in [-0.2, -0.15) is 0 Å². The number of hydrogen-bond donors (Lipinski definition) is 0. The van der Waals surface area contributed by atoms with Crippen molar-refractivity contribution in [3.8, 4) is 33.4 Å². The number of hydrogen-bond acceptors (Lipinski definition) is 2. The Hall–Kier alpha value is -5.80. The van der Waals surface area contributed by atoms with Crippen LogP contribution in [0.1, 0.15) is 0 Å². The minimum absolute atomic E-state index is 1.24. The summed E-state index contributed by atoms with van der Waals surface area (Å²) in [6, 6.07) is 63.0. The molecule has 50 heavy (non-hydrogen) atoms. The van der Waals surface area contributed by atoms with Crippen LogP contribution in [0.15, 0.2) is 170 Å². The quantitative estimate of drug-likeness (QED) is 0.164. The second kappa shape index (κ2) is 10.9. The summed E-state index contributed by atoms with van der Waals surface area (Å²) in [4.78, 5) is 0. The lowest BCUT2D eigenvalue weighted by molar-refractivity contribution is 1.66. The molecule has 0 atom stereocenters. The molecule has 11 aromatic rings. The largest absolute Gasteiger partial charge is 0.134 e. The van der Waals surface area contributed by atoms with Crippen molar-refractivity contribution < 1.29 is 0 Å². The van der Waals surface area contributed by atoms with Gasteiger partial charge in [-0.3, -0.25) is 0 Å². The van der Waals surface area contributed by atoms with Crippen LogP contribution in [-0.4, -0.2) is 0 Å². The number of benzene rings is 9. The standard InChI is InChI=1S/C48H28S2/c1-2-14-29(15-3-1)44-34-19-6-8-21-36(34)45(37-22-9-7-20-35(37)44)40-27-31(26-30-16-4-5-17-32(30)40)39-28-41-33-18-10-12-24-42(33)49-48(41)46-38-23-11-13-25-43(38)50-47(39)46/h1-28H. The van der Waals surface area contributed by atoms with Gasteiger partial charge in [0.1, 0.15) is 0 Å². The van der Waals surface area contributed by atoms with Crippen LogP contribution in [0.4, 0.5) is 0 Å². The third-order valence-corrected chi connectivity index (χ3v) is 12.8. The lowest BCUT2D eigenvalue weighted by Crippen LogP contribution is -1.92. The van der Waals surface area contributed by atoms with Gasteiger partial charge in [0, 0.05) is 45.9 Å². The molecule has 0 aliphatic heterocycles. The molecule has 0 saturated heterocycles. The molecule has 0 nitrogen and oxygen atoms in total. The van der Waals surface area contributed by atoms with Crippen LogP contribution in [0, 0.1) is 0 Å². The van der Waals surface area contributed by atoms with Crippen LogP contribution in [0.3, 0.4) is 0 Å². The molecule has 0 saturated carbocycles. The fourth-order valence-electron chi connectivity index (χ4n) is 8.29. The Balaban J connectivity index is 1.30. The van der Waals surface area contributed by atoms with E-state index in [2.05, 4.69) is 170 Å². The lowest BCUT2D eigenvalue weighted by atomic mass is 9.83. The minimum atomic E-state index is 1.24. The zero-order valence-corrected chi connectivity index (χ0v) is 28.6. The van der Waals surface area contributed by atoms with E-state index in [1.165, 1.54) is 106 Å². The molecule has 9 aromatic carbocycles. The van der Waals surface area contributed by atoms with Gasteiger partial charge in [0.05, 0.1) is 0 Å². The van der Waals surface area contributed by atoms with Crippen LogP contribution in [0.25, 0.3) is 106 Å². The van der Waals surface area contributed by atoms with Crippen LogP contribution < -0.4 is 0 Å². The fraction of sp³-hybridized carbons (Fsp3) is 0. The van der Waals surface area contributed by atoms with Crippen molar-refractivity contribution in [1.82, 2.24) is 0 Å². The Morgan fingerprint density at radius 1 is 0.300 bits per heavy atom. The first-order chi connectivity index (χ1) is 24.8. The summed E-state index contributed by atoms with van der Waals surface area (Å²) in [7, 11) is 0. The van der Waals surface area contributed by atoms with Crippen LogP contribution in [-0.2, 0) is 0 Å². The van der Waals surface area contributed by atoms with Gasteiger partial charge < -0.3 is 0 Å². The number of fused-ring (bicyclic) bond motifs is 10. The summed E-state index contributed by atoms with van der Waals surface area (Å²) in [5, 5.41) is 13.0. The third-order valence-electron chi connectivity index (χ3n) is 10.4. The third kappa shape index (κ3) is 4.04. The molecule has 0 bridgehead atoms. The average Bonchev–Trinajstić information content (AvgIpc) is 3.75. The Morgan fingerprint density at radius 3 is 1.52 bits per heavy atom. The van der Waals surface area contributed by atoms with Crippen LogP contribution >= 0.6 is 22.7 Å². The molecule has 11 rings (SSSR count). The highest BCUT2D eigenvalue weighted by molar-refractivity contribution is 7.30. The number of rotatable bonds is 3. The maximum Gasteiger partial charge on any atom is 0.0449 e. The lowest BCUT2D eigenvalue weighted by Gasteiger charge is -2.20. The van der Waals surface area contributed by atoms with Crippen molar-refractivity contribution in [2.45, 2.75) is 0 Å². The molecule has 0 unspecified atom stereocenters.